The van der Waals surface area contributed by atoms with E-state index in [2.05, 4.69) is 21.3 Å². The summed E-state index contributed by atoms with van der Waals surface area (Å²) in [6.45, 7) is 0. The first-order chi connectivity index (χ1) is 5.68. The molecule has 66 valence electrons. The van der Waals surface area contributed by atoms with Crippen LogP contribution in [0.5, 0.6) is 0 Å². The van der Waals surface area contributed by atoms with Gasteiger partial charge in [0, 0.05) is 17.5 Å². The summed E-state index contributed by atoms with van der Waals surface area (Å²) < 4.78 is 1.51. The SMILES string of the molecule is Cn1[c-]nc2c(=O)[nH]c(N)nc21.[W+2]. The molecule has 0 aliphatic rings. The molecule has 0 aliphatic carbocycles. The zero-order valence-corrected chi connectivity index (χ0v) is 9.67. The molecule has 0 amide bonds. The van der Waals surface area contributed by atoms with Crippen LogP contribution in [0.15, 0.2) is 4.79 Å². The molecule has 13 heavy (non-hydrogen) atoms. The van der Waals surface area contributed by atoms with Crippen LogP contribution in [-0.4, -0.2) is 19.5 Å². The fourth-order valence-corrected chi connectivity index (χ4v) is 0.979. The van der Waals surface area contributed by atoms with Crippen LogP contribution in [0.2, 0.25) is 0 Å². The van der Waals surface area contributed by atoms with E-state index in [9.17, 15) is 4.79 Å². The van der Waals surface area contributed by atoms with Crippen molar-refractivity contribution >= 4 is 17.1 Å². The van der Waals surface area contributed by atoms with Crippen molar-refractivity contribution in [1.82, 2.24) is 19.5 Å². The number of nitrogen functional groups attached to an aromatic ring is 1. The third-order valence-electron chi connectivity index (χ3n) is 1.52. The van der Waals surface area contributed by atoms with Gasteiger partial charge in [-0.05, 0) is 7.05 Å². The molecule has 2 aromatic rings. The normalized spacial score (nSPS) is 9.92. The first-order valence-electron chi connectivity index (χ1n) is 3.28. The molecule has 0 radical (unpaired) electrons. The molecule has 3 N–H and O–H groups in total. The summed E-state index contributed by atoms with van der Waals surface area (Å²) in [5.74, 6) is 0.0875. The van der Waals surface area contributed by atoms with Crippen molar-refractivity contribution in [2.45, 2.75) is 0 Å². The molecule has 0 bridgehead atoms. The van der Waals surface area contributed by atoms with Gasteiger partial charge in [0.05, 0.1) is 0 Å². The Balaban J connectivity index is 0.000000845. The Morgan fingerprint density at radius 3 is 3.00 bits per heavy atom. The van der Waals surface area contributed by atoms with Crippen molar-refractivity contribution in [3.05, 3.63) is 16.7 Å². The van der Waals surface area contributed by atoms with E-state index in [1.165, 1.54) is 4.57 Å². The van der Waals surface area contributed by atoms with E-state index in [-0.39, 0.29) is 38.1 Å². The van der Waals surface area contributed by atoms with Gasteiger partial charge in [0.2, 0.25) is 5.56 Å². The number of fused-ring (bicyclic) bond motifs is 1. The number of aromatic nitrogens is 4. The van der Waals surface area contributed by atoms with Crippen LogP contribution in [0.1, 0.15) is 0 Å². The van der Waals surface area contributed by atoms with Crippen LogP contribution in [0.25, 0.3) is 11.2 Å². The summed E-state index contributed by atoms with van der Waals surface area (Å²) in [6.07, 6.45) is 2.57. The van der Waals surface area contributed by atoms with Crippen LogP contribution in [0.3, 0.4) is 0 Å². The Hall–Kier alpha value is -1.16. The molecule has 0 aliphatic heterocycles. The van der Waals surface area contributed by atoms with Gasteiger partial charge in [0.25, 0.3) is 0 Å². The van der Waals surface area contributed by atoms with Gasteiger partial charge >= 0.3 is 21.1 Å². The first-order valence-corrected chi connectivity index (χ1v) is 3.28. The number of anilines is 1. The molecule has 0 aromatic carbocycles. The Kier molecular flexibility index (Phi) is 2.52. The number of rotatable bonds is 0. The van der Waals surface area contributed by atoms with Crippen molar-refractivity contribution in [2.24, 2.45) is 7.05 Å². The zero-order valence-electron chi connectivity index (χ0n) is 6.74. The Morgan fingerprint density at radius 1 is 1.62 bits per heavy atom. The topological polar surface area (TPSA) is 89.6 Å². The second kappa shape index (κ2) is 3.30. The van der Waals surface area contributed by atoms with Crippen LogP contribution in [-0.2, 0) is 28.1 Å². The number of nitrogens with two attached hydrogens (primary N) is 1. The first kappa shape index (κ1) is 9.92. The minimum absolute atomic E-state index is 0. The van der Waals surface area contributed by atoms with Crippen molar-refractivity contribution in [2.75, 3.05) is 5.73 Å². The molecule has 0 spiro atoms. The van der Waals surface area contributed by atoms with Crippen molar-refractivity contribution < 1.29 is 21.1 Å². The molecule has 0 unspecified atom stereocenters. The van der Waals surface area contributed by atoms with Gasteiger partial charge < -0.3 is 20.3 Å². The molecule has 6 nitrogen and oxygen atoms in total. The number of H-pyrrole nitrogens is 1. The maximum Gasteiger partial charge on any atom is 2.00 e. The second-order valence-electron chi connectivity index (χ2n) is 2.39. The van der Waals surface area contributed by atoms with E-state index in [0.29, 0.717) is 5.65 Å². The van der Waals surface area contributed by atoms with Gasteiger partial charge in [-0.1, -0.05) is 0 Å². The minimum atomic E-state index is -0.339. The van der Waals surface area contributed by atoms with Crippen molar-refractivity contribution in [3.63, 3.8) is 0 Å². The molecule has 2 heterocycles. The molecule has 2 rings (SSSR count). The maximum atomic E-state index is 11.1. The van der Waals surface area contributed by atoms with Gasteiger partial charge in [-0.2, -0.15) is 0 Å². The van der Waals surface area contributed by atoms with E-state index in [0.717, 1.165) is 0 Å². The third-order valence-corrected chi connectivity index (χ3v) is 1.52. The van der Waals surface area contributed by atoms with Crippen molar-refractivity contribution in [3.8, 4) is 0 Å². The van der Waals surface area contributed by atoms with Crippen LogP contribution < -0.4 is 11.3 Å². The van der Waals surface area contributed by atoms with Gasteiger partial charge in [0.1, 0.15) is 0 Å². The number of hydrogen-bond donors (Lipinski definition) is 2. The molecule has 7 heteroatoms. The van der Waals surface area contributed by atoms with Gasteiger partial charge in [-0.25, -0.2) is 0 Å². The third kappa shape index (κ3) is 1.49. The number of hydrogen-bond acceptors (Lipinski definition) is 4. The summed E-state index contributed by atoms with van der Waals surface area (Å²) >= 11 is 0. The predicted octanol–water partition coefficient (Wildman–Crippen LogP) is -0.964. The number of imidazole rings is 1. The van der Waals surface area contributed by atoms with E-state index in [1.807, 2.05) is 0 Å². The Bertz CT molecular complexity index is 487. The monoisotopic (exact) mass is 348 g/mol. The average molecular weight is 348 g/mol. The number of aromatic amines is 1. The summed E-state index contributed by atoms with van der Waals surface area (Å²) in [5, 5.41) is 0. The van der Waals surface area contributed by atoms with E-state index >= 15 is 0 Å². The summed E-state index contributed by atoms with van der Waals surface area (Å²) in [7, 11) is 1.70. The second-order valence-corrected chi connectivity index (χ2v) is 2.39. The van der Waals surface area contributed by atoms with Crippen molar-refractivity contribution in [1.29, 1.82) is 0 Å². The fraction of sp³-hybridized carbons (Fsp3) is 0.167. The number of nitrogens with one attached hydrogen (secondary N) is 1. The summed E-state index contributed by atoms with van der Waals surface area (Å²) in [5.41, 5.74) is 5.69. The number of nitrogens with zero attached hydrogens (tertiary/aromatic N) is 3. The predicted molar refractivity (Wildman–Crippen MR) is 42.4 cm³/mol. The molecule has 2 aromatic heterocycles. The van der Waals surface area contributed by atoms with E-state index in [4.69, 9.17) is 5.73 Å². The molecule has 0 atom stereocenters. The van der Waals surface area contributed by atoms with E-state index in [1.54, 1.807) is 7.05 Å². The quantitative estimate of drug-likeness (QED) is 0.600. The molecule has 0 saturated carbocycles. The average Bonchev–Trinajstić information content (AvgIpc) is 2.33. The molecule has 0 saturated heterocycles. The molecule has 0 fully saturated rings. The number of aryl methyl sites for hydroxylation is 1. The maximum absolute atomic E-state index is 11.1. The van der Waals surface area contributed by atoms with Gasteiger partial charge in [0.15, 0.2) is 5.95 Å². The largest absolute Gasteiger partial charge is 2.00 e. The fourth-order valence-electron chi connectivity index (χ4n) is 0.979. The zero-order chi connectivity index (χ0) is 8.72. The summed E-state index contributed by atoms with van der Waals surface area (Å²) in [4.78, 5) is 21.1. The smallest absolute Gasteiger partial charge is 0.435 e. The van der Waals surface area contributed by atoms with Crippen LogP contribution >= 0.6 is 0 Å². The standard InChI is InChI=1S/C6H6N5O.W/c1-11-2-8-3-4(11)9-6(7)10-5(3)12;/h1H3,(H3,7,9,10,12);/q-1;+2. The van der Waals surface area contributed by atoms with Gasteiger partial charge in [-0.3, -0.25) is 9.78 Å². The molecular weight excluding hydrogens is 342 g/mol. The van der Waals surface area contributed by atoms with E-state index < -0.39 is 0 Å². The minimum Gasteiger partial charge on any atom is -0.435 e. The Labute approximate surface area is 87.4 Å². The Morgan fingerprint density at radius 2 is 2.31 bits per heavy atom. The van der Waals surface area contributed by atoms with Crippen LogP contribution in [0.4, 0.5) is 5.95 Å². The summed E-state index contributed by atoms with van der Waals surface area (Å²) in [6, 6.07) is 0. The van der Waals surface area contributed by atoms with Gasteiger partial charge in [-0.15, -0.1) is 0 Å². The molecular formula is C6H6N5OW+. The van der Waals surface area contributed by atoms with Crippen LogP contribution in [0, 0.1) is 6.33 Å².